The fourth-order valence-electron chi connectivity index (χ4n) is 2.01. The van der Waals surface area contributed by atoms with Crippen molar-refractivity contribution >= 4 is 65.1 Å². The van der Waals surface area contributed by atoms with E-state index in [4.69, 9.17) is 9.79 Å². The summed E-state index contributed by atoms with van der Waals surface area (Å²) in [4.78, 5) is 29.9. The van der Waals surface area contributed by atoms with Gasteiger partial charge in [0.15, 0.2) is 0 Å². The van der Waals surface area contributed by atoms with Gasteiger partial charge in [-0.2, -0.15) is 0 Å². The Labute approximate surface area is 164 Å². The molecule has 25 heavy (non-hydrogen) atoms. The van der Waals surface area contributed by atoms with Crippen LogP contribution in [0.3, 0.4) is 0 Å². The predicted octanol–water partition coefficient (Wildman–Crippen LogP) is 3.16. The number of rotatable bonds is 8. The number of amides is 1. The molecular weight excluding hydrogens is 579 g/mol. The summed E-state index contributed by atoms with van der Waals surface area (Å²) in [5.74, 6) is -0.440. The number of nitrogens with one attached hydrogen (secondary N) is 1. The number of phosphoric ester groups is 1. The number of aryl methyl sites for hydroxylation is 1. The Hall–Kier alpha value is -0.560. The third-order valence-electron chi connectivity index (χ3n) is 3.06. The summed E-state index contributed by atoms with van der Waals surface area (Å²) in [5.41, 5.74) is 0.340. The summed E-state index contributed by atoms with van der Waals surface area (Å²) in [5, 5.41) is 2.68. The molecule has 10 heteroatoms. The van der Waals surface area contributed by atoms with Crippen molar-refractivity contribution in [2.75, 3.05) is 5.32 Å². The van der Waals surface area contributed by atoms with Crippen molar-refractivity contribution < 1.29 is 28.1 Å². The van der Waals surface area contributed by atoms with E-state index in [0.29, 0.717) is 18.5 Å². The van der Waals surface area contributed by atoms with E-state index in [1.807, 2.05) is 12.1 Å². The van der Waals surface area contributed by atoms with Gasteiger partial charge in [0.2, 0.25) is 0 Å². The van der Waals surface area contributed by atoms with Crippen molar-refractivity contribution in [1.29, 1.82) is 0 Å². The molecule has 0 radical (unpaired) electrons. The molecule has 0 aliphatic rings. The Bertz CT molecular complexity index is 795. The number of anilines is 1. The molecule has 0 spiro atoms. The third-order valence-corrected chi connectivity index (χ3v) is 7.61. The number of alkyl halides is 2. The van der Waals surface area contributed by atoms with Crippen LogP contribution in [0.1, 0.15) is 19.7 Å². The van der Waals surface area contributed by atoms with E-state index < -0.39 is 32.7 Å². The summed E-state index contributed by atoms with van der Waals surface area (Å²) < 4.78 is 35.2. The second kappa shape index (κ2) is 9.40. The van der Waals surface area contributed by atoms with Crippen LogP contribution in [0.15, 0.2) is 34.4 Å². The summed E-state index contributed by atoms with van der Waals surface area (Å²) in [6, 6.07) is 8.04. The number of carbonyl (C=O) groups is 1. The maximum atomic E-state index is 14.1. The van der Waals surface area contributed by atoms with Gasteiger partial charge in [0.25, 0.3) is 0 Å². The first-order valence-electron chi connectivity index (χ1n) is 7.01. The van der Waals surface area contributed by atoms with E-state index in [9.17, 15) is 13.8 Å². The molecule has 1 atom stereocenters. The number of carbonyl (C=O) groups excluding carboxylic acids is 1. The predicted molar refractivity (Wildman–Crippen MR) is 104 cm³/mol. The first kappa shape index (κ1) is 20.7. The zero-order valence-corrected chi connectivity index (χ0v) is 18.3. The molecule has 0 aliphatic heterocycles. The van der Waals surface area contributed by atoms with E-state index in [0.717, 1.165) is 0 Å². The average molecular weight is 595 g/mol. The first-order chi connectivity index (χ1) is 11.8. The molecule has 0 fully saturated rings. The van der Waals surface area contributed by atoms with Gasteiger partial charge in [-0.1, -0.05) is 0 Å². The van der Waals surface area contributed by atoms with Crippen LogP contribution in [-0.2, 0) is 15.8 Å². The zero-order valence-electron chi connectivity index (χ0n) is 12.9. The Morgan fingerprint density at radius 2 is 2.20 bits per heavy atom. The number of halogens is 2. The van der Waals surface area contributed by atoms with Gasteiger partial charge in [-0.15, -0.1) is 0 Å². The van der Waals surface area contributed by atoms with Crippen LogP contribution in [0.25, 0.3) is 0 Å². The van der Waals surface area contributed by atoms with Gasteiger partial charge in [-0.3, -0.25) is 0 Å². The molecule has 0 saturated carbocycles. The molecule has 1 heterocycles. The third kappa shape index (κ3) is 6.93. The molecule has 136 valence electrons. The molecule has 0 bridgehead atoms. The monoisotopic (exact) mass is 597 g/mol. The van der Waals surface area contributed by atoms with Gasteiger partial charge in [0.1, 0.15) is 0 Å². The second-order valence-electron chi connectivity index (χ2n) is 4.92. The standard InChI is InChI=1S/C15H16FINO5PTe/c1-17-15(16)12-9-10(4-6-13(12)23-24(20,21)22)18-14(19)7-5-11-3-2-8-25-11/h2-4,6,8-9,15H,1,5,7H2,(H,18,19)(H2,20,21,22). The summed E-state index contributed by atoms with van der Waals surface area (Å²) in [6.07, 6.45) is 1.03. The molecule has 3 N–H and O–H groups in total. The molecule has 1 amide bonds. The van der Waals surface area contributed by atoms with Crippen molar-refractivity contribution in [1.82, 2.24) is 0 Å². The molecule has 0 saturated heterocycles. The molecular formula is C15H16FINO5PTe. The Kier molecular flexibility index (Phi) is 7.80. The normalized spacial score (nSPS) is 12.6. The Morgan fingerprint density at radius 1 is 1.44 bits per heavy atom. The topological polar surface area (TPSA) is 95.9 Å². The van der Waals surface area contributed by atoms with Gasteiger partial charge in [0, 0.05) is 0 Å². The van der Waals surface area contributed by atoms with Crippen molar-refractivity contribution in [3.05, 3.63) is 43.6 Å². The van der Waals surface area contributed by atoms with E-state index >= 15 is 0 Å². The Balaban J connectivity index is 2.11. The fourth-order valence-corrected chi connectivity index (χ4v) is 5.41. The number of phosphoric acid groups is 1. The van der Waals surface area contributed by atoms with E-state index in [-0.39, 0.29) is 37.7 Å². The fraction of sp³-hybridized carbons (Fsp3) is 0.200. The van der Waals surface area contributed by atoms with Gasteiger partial charge in [-0.25, -0.2) is 0 Å². The van der Waals surface area contributed by atoms with Gasteiger partial charge in [0.05, 0.1) is 0 Å². The molecule has 2 aromatic rings. The van der Waals surface area contributed by atoms with Gasteiger partial charge < -0.3 is 0 Å². The van der Waals surface area contributed by atoms with Crippen LogP contribution in [0.5, 0.6) is 5.75 Å². The summed E-state index contributed by atoms with van der Waals surface area (Å²) in [7, 11) is -4.80. The number of hydrogen-bond donors (Lipinski definition) is 3. The summed E-state index contributed by atoms with van der Waals surface area (Å²) in [6.45, 7) is 0. The van der Waals surface area contributed by atoms with Crippen molar-refractivity contribution in [2.45, 2.75) is 17.0 Å². The van der Waals surface area contributed by atoms with E-state index in [1.165, 1.54) is 21.8 Å². The number of hydrogen-bond acceptors (Lipinski definition) is 3. The van der Waals surface area contributed by atoms with Crippen molar-refractivity contribution in [3.8, 4) is 5.75 Å². The molecule has 1 aromatic carbocycles. The zero-order chi connectivity index (χ0) is 18.4. The van der Waals surface area contributed by atoms with Crippen LogP contribution in [0.2, 0.25) is 0 Å². The van der Waals surface area contributed by atoms with Crippen LogP contribution in [0.4, 0.5) is 10.1 Å². The average Bonchev–Trinajstić information content (AvgIpc) is 3.06. The minimum absolute atomic E-state index is 0.0152. The van der Waals surface area contributed by atoms with Crippen LogP contribution < -0.4 is 9.84 Å². The van der Waals surface area contributed by atoms with Crippen LogP contribution >= 0.6 is 28.6 Å². The van der Waals surface area contributed by atoms with Crippen molar-refractivity contribution in [3.63, 3.8) is 0 Å². The number of benzene rings is 1. The molecule has 6 nitrogen and oxygen atoms in total. The van der Waals surface area contributed by atoms with Crippen molar-refractivity contribution in [2.24, 2.45) is 0 Å². The minimum atomic E-state index is -4.80. The van der Waals surface area contributed by atoms with Crippen LogP contribution in [-0.4, -0.2) is 40.6 Å². The SMILES string of the molecule is C=IC(F)c1cc(NC(=O)CCc2ccc[te]2)ccc1OP(=O)(O)O. The van der Waals surface area contributed by atoms with Crippen LogP contribution in [0, 0.1) is 0 Å². The van der Waals surface area contributed by atoms with Gasteiger partial charge >= 0.3 is 165 Å². The maximum absolute atomic E-state index is 14.1. The molecule has 2 rings (SSSR count). The quantitative estimate of drug-likeness (QED) is 0.189. The summed E-state index contributed by atoms with van der Waals surface area (Å²) >= 11 is -1.38. The molecule has 1 aromatic heterocycles. The van der Waals surface area contributed by atoms with Gasteiger partial charge in [-0.05, 0) is 0 Å². The molecule has 1 unspecified atom stereocenters. The van der Waals surface area contributed by atoms with E-state index in [2.05, 4.69) is 18.4 Å². The second-order valence-corrected chi connectivity index (χ2v) is 11.0. The first-order valence-corrected chi connectivity index (χ1v) is 13.8. The van der Waals surface area contributed by atoms with E-state index in [1.54, 1.807) is 0 Å². The molecule has 0 aliphatic carbocycles. The Morgan fingerprint density at radius 3 is 2.80 bits per heavy atom.